The van der Waals surface area contributed by atoms with Crippen molar-refractivity contribution >= 4 is 22.9 Å². The summed E-state index contributed by atoms with van der Waals surface area (Å²) in [6, 6.07) is 0. The Kier molecular flexibility index (Phi) is 18.5. The molecule has 0 aromatic carbocycles. The van der Waals surface area contributed by atoms with Gasteiger partial charge in [-0.1, -0.05) is 99.7 Å². The average molecular weight is 433 g/mol. The van der Waals surface area contributed by atoms with Crippen LogP contribution in [-0.2, 0) is 9.22 Å². The molecule has 0 amide bonds. The fourth-order valence-electron chi connectivity index (χ4n) is 5.13. The van der Waals surface area contributed by atoms with E-state index in [9.17, 15) is 4.79 Å². The van der Waals surface area contributed by atoms with Gasteiger partial charge in [-0.05, 0) is 44.3 Å². The molecule has 0 bridgehead atoms. The highest BCUT2D eigenvalue weighted by Crippen LogP contribution is 2.42. The van der Waals surface area contributed by atoms with E-state index in [1.807, 2.05) is 0 Å². The minimum absolute atomic E-state index is 0.167. The Morgan fingerprint density at radius 3 is 0.857 bits per heavy atom. The highest BCUT2D eigenvalue weighted by atomic mass is 28.4. The third-order valence-electron chi connectivity index (χ3n) is 5.46. The SMILES string of the molecule is CC(C)=O.CC(C)O[Si](C(C)C)(C(C)C)C(C)C.CC(C)[SiH](C(C)C)C(C)C. The monoisotopic (exact) mass is 432 g/mol. The molecule has 0 aliphatic heterocycles. The van der Waals surface area contributed by atoms with Gasteiger partial charge >= 0.3 is 0 Å². The highest BCUT2D eigenvalue weighted by molar-refractivity contribution is 6.77. The zero-order valence-corrected chi connectivity index (χ0v) is 24.6. The summed E-state index contributed by atoms with van der Waals surface area (Å²) in [6.45, 7) is 35.7. The number of rotatable bonds is 8. The Labute approximate surface area is 182 Å². The lowest BCUT2D eigenvalue weighted by molar-refractivity contribution is -0.114. The van der Waals surface area contributed by atoms with Gasteiger partial charge in [0.1, 0.15) is 5.78 Å². The predicted octanol–water partition coefficient (Wildman–Crippen LogP) is 8.63. The van der Waals surface area contributed by atoms with Gasteiger partial charge in [0, 0.05) is 14.9 Å². The molecule has 0 N–H and O–H groups in total. The van der Waals surface area contributed by atoms with Crippen molar-refractivity contribution < 1.29 is 9.22 Å². The average Bonchev–Trinajstić information content (AvgIpc) is 2.41. The summed E-state index contributed by atoms with van der Waals surface area (Å²) in [5, 5.41) is 0. The van der Waals surface area contributed by atoms with Crippen LogP contribution < -0.4 is 0 Å². The molecule has 0 atom stereocenters. The maximum absolute atomic E-state index is 9.44. The van der Waals surface area contributed by atoms with Crippen LogP contribution in [0, 0.1) is 0 Å². The molecule has 0 fully saturated rings. The molecule has 4 heteroatoms. The van der Waals surface area contributed by atoms with Crippen LogP contribution in [0.3, 0.4) is 0 Å². The van der Waals surface area contributed by atoms with Crippen molar-refractivity contribution in [2.75, 3.05) is 0 Å². The number of hydrogen-bond donors (Lipinski definition) is 0. The minimum atomic E-state index is -1.59. The summed E-state index contributed by atoms with van der Waals surface area (Å²) >= 11 is 0. The molecule has 0 heterocycles. The van der Waals surface area contributed by atoms with E-state index in [2.05, 4.69) is 96.9 Å². The van der Waals surface area contributed by atoms with Crippen molar-refractivity contribution in [1.29, 1.82) is 0 Å². The van der Waals surface area contributed by atoms with Crippen molar-refractivity contribution in [1.82, 2.24) is 0 Å². The second kappa shape index (κ2) is 15.8. The molecule has 28 heavy (non-hydrogen) atoms. The van der Waals surface area contributed by atoms with Crippen LogP contribution >= 0.6 is 0 Å². The number of hydrogen-bond acceptors (Lipinski definition) is 2. The summed E-state index contributed by atoms with van der Waals surface area (Å²) in [5.74, 6) is 0.167. The van der Waals surface area contributed by atoms with Gasteiger partial charge in [-0.15, -0.1) is 0 Å². The molecule has 0 unspecified atom stereocenters. The summed E-state index contributed by atoms with van der Waals surface area (Å²) in [4.78, 5) is 9.44. The van der Waals surface area contributed by atoms with E-state index >= 15 is 0 Å². The number of ketones is 1. The van der Waals surface area contributed by atoms with Gasteiger partial charge in [0.15, 0.2) is 0 Å². The van der Waals surface area contributed by atoms with Crippen molar-refractivity contribution in [2.24, 2.45) is 0 Å². The van der Waals surface area contributed by atoms with Gasteiger partial charge in [0.25, 0.3) is 0 Å². The molecule has 2 nitrogen and oxygen atoms in total. The van der Waals surface area contributed by atoms with Crippen LogP contribution in [0.5, 0.6) is 0 Å². The van der Waals surface area contributed by atoms with E-state index in [0.29, 0.717) is 22.7 Å². The zero-order valence-electron chi connectivity index (χ0n) is 22.4. The lowest BCUT2D eigenvalue weighted by Gasteiger charge is -2.43. The van der Waals surface area contributed by atoms with E-state index in [4.69, 9.17) is 4.43 Å². The number of Topliss-reactive ketones (excluding diaryl/α,β-unsaturated/α-hetero) is 1. The molecule has 0 saturated carbocycles. The van der Waals surface area contributed by atoms with E-state index in [0.717, 1.165) is 16.6 Å². The Hall–Kier alpha value is 0.0638. The van der Waals surface area contributed by atoms with Crippen molar-refractivity contribution in [3.8, 4) is 0 Å². The molecule has 0 radical (unpaired) electrons. The third kappa shape index (κ3) is 13.3. The fraction of sp³-hybridized carbons (Fsp3) is 0.958. The normalized spacial score (nSPS) is 12.3. The first-order chi connectivity index (χ1) is 12.4. The van der Waals surface area contributed by atoms with Crippen LogP contribution in [0.4, 0.5) is 0 Å². The van der Waals surface area contributed by atoms with Crippen LogP contribution in [0.1, 0.15) is 111 Å². The minimum Gasteiger partial charge on any atom is -0.414 e. The maximum Gasteiger partial charge on any atom is 0.200 e. The first-order valence-corrected chi connectivity index (χ1v) is 15.7. The standard InChI is InChI=1S/C12H28OSi.C9H22Si.C3H6O/c1-9(2)13-14(10(3)4,11(5)6)12(7)8;1-7(2)10(8(3)4)9(5)6;1-3(2)4/h9-12H,1-8H3;7-10H,1-6H3;1-2H3. The first kappa shape index (κ1) is 32.7. The number of carbonyl (C=O) groups is 1. The lowest BCUT2D eigenvalue weighted by Crippen LogP contribution is -2.49. The van der Waals surface area contributed by atoms with Gasteiger partial charge in [0.2, 0.25) is 8.32 Å². The smallest absolute Gasteiger partial charge is 0.200 e. The molecule has 0 spiro atoms. The van der Waals surface area contributed by atoms with Crippen LogP contribution in [0.25, 0.3) is 0 Å². The van der Waals surface area contributed by atoms with Crippen LogP contribution in [-0.4, -0.2) is 29.0 Å². The highest BCUT2D eigenvalue weighted by Gasteiger charge is 2.45. The Morgan fingerprint density at radius 2 is 0.821 bits per heavy atom. The maximum atomic E-state index is 9.44. The fourth-order valence-corrected chi connectivity index (χ4v) is 15.4. The van der Waals surface area contributed by atoms with Crippen LogP contribution in [0.15, 0.2) is 0 Å². The molecular formula is C24H56O2Si2. The first-order valence-electron chi connectivity index (χ1n) is 11.6. The Morgan fingerprint density at radius 1 is 0.607 bits per heavy atom. The quantitative estimate of drug-likeness (QED) is 0.359. The largest absolute Gasteiger partial charge is 0.414 e. The number of carbonyl (C=O) groups excluding carboxylic acids is 1. The molecular weight excluding hydrogens is 376 g/mol. The van der Waals surface area contributed by atoms with Gasteiger partial charge in [-0.2, -0.15) is 0 Å². The van der Waals surface area contributed by atoms with Crippen molar-refractivity contribution in [3.05, 3.63) is 0 Å². The van der Waals surface area contributed by atoms with Gasteiger partial charge in [0.05, 0.1) is 0 Å². The molecule has 0 aromatic heterocycles. The zero-order chi connectivity index (χ0) is 23.4. The van der Waals surface area contributed by atoms with Crippen molar-refractivity contribution in [3.63, 3.8) is 0 Å². The van der Waals surface area contributed by atoms with E-state index in [-0.39, 0.29) is 5.78 Å². The Bertz CT molecular complexity index is 341. The third-order valence-corrected chi connectivity index (χ3v) is 16.4. The topological polar surface area (TPSA) is 26.3 Å². The molecule has 0 saturated heterocycles. The van der Waals surface area contributed by atoms with Gasteiger partial charge < -0.3 is 9.22 Å². The van der Waals surface area contributed by atoms with Gasteiger partial charge in [-0.25, -0.2) is 0 Å². The summed E-state index contributed by atoms with van der Waals surface area (Å²) in [6.07, 6.45) is 0.369. The predicted molar refractivity (Wildman–Crippen MR) is 136 cm³/mol. The second-order valence-corrected chi connectivity index (χ2v) is 21.3. The van der Waals surface area contributed by atoms with E-state index in [1.165, 1.54) is 13.8 Å². The summed E-state index contributed by atoms with van der Waals surface area (Å²) in [7, 11) is -2.04. The van der Waals surface area contributed by atoms with E-state index in [1.54, 1.807) is 0 Å². The lowest BCUT2D eigenvalue weighted by atomic mass is 10.5. The Balaban J connectivity index is -0.000000388. The van der Waals surface area contributed by atoms with E-state index < -0.39 is 17.1 Å². The summed E-state index contributed by atoms with van der Waals surface area (Å²) in [5.41, 5.74) is 5.01. The van der Waals surface area contributed by atoms with Gasteiger partial charge in [-0.3, -0.25) is 0 Å². The van der Waals surface area contributed by atoms with Crippen LogP contribution in [0.2, 0.25) is 33.2 Å². The molecule has 0 rings (SSSR count). The molecule has 172 valence electrons. The van der Waals surface area contributed by atoms with Crippen molar-refractivity contribution in [2.45, 2.75) is 150 Å². The second-order valence-electron chi connectivity index (χ2n) is 10.7. The molecule has 0 aliphatic rings. The molecule has 0 aromatic rings. The summed E-state index contributed by atoms with van der Waals surface area (Å²) < 4.78 is 6.36. The molecule has 0 aliphatic carbocycles.